The summed E-state index contributed by atoms with van der Waals surface area (Å²) in [6.45, 7) is 9.05. The molecule has 2 atom stereocenters. The van der Waals surface area contributed by atoms with E-state index in [2.05, 4.69) is 20.5 Å². The number of benzene rings is 1. The van der Waals surface area contributed by atoms with Crippen LogP contribution in [0.4, 0.5) is 22.4 Å². The summed E-state index contributed by atoms with van der Waals surface area (Å²) in [4.78, 5) is 18.6. The predicted molar refractivity (Wildman–Crippen MR) is 148 cm³/mol. The molecule has 0 unspecified atom stereocenters. The van der Waals surface area contributed by atoms with Gasteiger partial charge >= 0.3 is 12.3 Å². The Balaban J connectivity index is 1.60. The molecule has 1 amide bonds. The molecule has 0 radical (unpaired) electrons. The van der Waals surface area contributed by atoms with E-state index in [1.165, 1.54) is 34.9 Å². The predicted octanol–water partition coefficient (Wildman–Crippen LogP) is 6.07. The van der Waals surface area contributed by atoms with E-state index in [0.29, 0.717) is 29.6 Å². The van der Waals surface area contributed by atoms with Crippen molar-refractivity contribution in [3.8, 4) is 17.3 Å². The van der Waals surface area contributed by atoms with Crippen molar-refractivity contribution < 1.29 is 31.8 Å². The average molecular weight is 589 g/mol. The summed E-state index contributed by atoms with van der Waals surface area (Å²) < 4.78 is 71.3. The number of fused-ring (bicyclic) bond motifs is 2. The summed E-state index contributed by atoms with van der Waals surface area (Å²) in [5.41, 5.74) is -0.180. The van der Waals surface area contributed by atoms with Gasteiger partial charge in [-0.25, -0.2) is 14.2 Å². The van der Waals surface area contributed by atoms with Gasteiger partial charge in [-0.3, -0.25) is 9.30 Å². The van der Waals surface area contributed by atoms with Crippen molar-refractivity contribution in [3.05, 3.63) is 54.0 Å². The van der Waals surface area contributed by atoms with E-state index in [1.54, 1.807) is 46.8 Å². The van der Waals surface area contributed by atoms with Crippen LogP contribution >= 0.6 is 0 Å². The molecule has 1 aromatic carbocycles. The maximum atomic E-state index is 14.8. The molecule has 4 aromatic rings. The van der Waals surface area contributed by atoms with Gasteiger partial charge < -0.3 is 14.8 Å². The van der Waals surface area contributed by atoms with Gasteiger partial charge in [0.2, 0.25) is 0 Å². The molecule has 224 valence electrons. The van der Waals surface area contributed by atoms with Crippen molar-refractivity contribution in [2.45, 2.75) is 71.0 Å². The second-order valence-corrected chi connectivity index (χ2v) is 11.5. The van der Waals surface area contributed by atoms with Gasteiger partial charge in [0.25, 0.3) is 0 Å². The number of nitrogens with zero attached hydrogens (tertiary/aromatic N) is 5. The molecule has 1 saturated heterocycles. The molecular formula is C29H32F4N6O3. The second-order valence-electron chi connectivity index (χ2n) is 11.5. The van der Waals surface area contributed by atoms with E-state index in [4.69, 9.17) is 9.47 Å². The van der Waals surface area contributed by atoms with Gasteiger partial charge in [0, 0.05) is 35.8 Å². The first-order valence-corrected chi connectivity index (χ1v) is 13.6. The van der Waals surface area contributed by atoms with Gasteiger partial charge in [0.1, 0.15) is 11.3 Å². The zero-order valence-electron chi connectivity index (χ0n) is 23.9. The van der Waals surface area contributed by atoms with Gasteiger partial charge in [-0.2, -0.15) is 13.2 Å². The molecule has 0 spiro atoms. The number of rotatable bonds is 6. The molecule has 0 bridgehead atoms. The lowest BCUT2D eigenvalue weighted by molar-refractivity contribution is -0.188. The number of carbonyl (C=O) groups excluding carboxylic acids is 1. The van der Waals surface area contributed by atoms with Crippen LogP contribution in [0, 0.1) is 5.82 Å². The Morgan fingerprint density at radius 1 is 1.12 bits per heavy atom. The van der Waals surface area contributed by atoms with E-state index in [-0.39, 0.29) is 35.4 Å². The second kappa shape index (κ2) is 11.0. The Morgan fingerprint density at radius 3 is 2.52 bits per heavy atom. The van der Waals surface area contributed by atoms with Crippen molar-refractivity contribution in [2.24, 2.45) is 0 Å². The Kier molecular flexibility index (Phi) is 7.73. The van der Waals surface area contributed by atoms with E-state index in [1.807, 2.05) is 0 Å². The van der Waals surface area contributed by atoms with Gasteiger partial charge in [-0.1, -0.05) is 12.1 Å². The van der Waals surface area contributed by atoms with Crippen LogP contribution in [0.1, 0.15) is 52.6 Å². The normalized spacial score (nSPS) is 16.8. The van der Waals surface area contributed by atoms with Crippen LogP contribution in [0.2, 0.25) is 0 Å². The van der Waals surface area contributed by atoms with Gasteiger partial charge in [0.05, 0.1) is 11.6 Å². The lowest BCUT2D eigenvalue weighted by Crippen LogP contribution is -2.50. The number of nitrogens with one attached hydrogen (secondary N) is 1. The molecule has 42 heavy (non-hydrogen) atoms. The fourth-order valence-electron chi connectivity index (χ4n) is 5.00. The van der Waals surface area contributed by atoms with Crippen molar-refractivity contribution in [3.63, 3.8) is 0 Å². The Hall–Kier alpha value is -4.00. The summed E-state index contributed by atoms with van der Waals surface area (Å²) >= 11 is 0. The van der Waals surface area contributed by atoms with Crippen molar-refractivity contribution >= 4 is 22.6 Å². The first-order chi connectivity index (χ1) is 19.7. The number of aromatic nitrogens is 4. The zero-order chi connectivity index (χ0) is 30.4. The van der Waals surface area contributed by atoms with Crippen LogP contribution < -0.4 is 10.1 Å². The molecule has 1 aliphatic rings. The third kappa shape index (κ3) is 6.10. The molecular weight excluding hydrogens is 556 g/mol. The number of alkyl halides is 3. The van der Waals surface area contributed by atoms with E-state index in [9.17, 15) is 22.4 Å². The summed E-state index contributed by atoms with van der Waals surface area (Å²) in [6, 6.07) is 5.69. The average Bonchev–Trinajstić information content (AvgIpc) is 3.55. The summed E-state index contributed by atoms with van der Waals surface area (Å²) in [5.74, 6) is -0.322. The smallest absolute Gasteiger partial charge is 0.413 e. The maximum Gasteiger partial charge on any atom is 0.413 e. The Labute approximate surface area is 239 Å². The quantitative estimate of drug-likeness (QED) is 0.273. The zero-order valence-corrected chi connectivity index (χ0v) is 23.9. The van der Waals surface area contributed by atoms with Crippen LogP contribution in [0.25, 0.3) is 28.1 Å². The molecule has 1 N–H and O–H groups in total. The molecule has 9 nitrogen and oxygen atoms in total. The van der Waals surface area contributed by atoms with Gasteiger partial charge in [-0.15, -0.1) is 10.2 Å². The summed E-state index contributed by atoms with van der Waals surface area (Å²) in [5, 5.41) is 11.8. The Morgan fingerprint density at radius 2 is 1.88 bits per heavy atom. The number of ether oxygens (including phenoxy) is 2. The fraction of sp³-hybridized carbons (Fsp3) is 0.448. The third-order valence-electron chi connectivity index (χ3n) is 6.70. The van der Waals surface area contributed by atoms with Crippen LogP contribution in [-0.2, 0) is 4.74 Å². The highest BCUT2D eigenvalue weighted by Crippen LogP contribution is 2.41. The largest absolute Gasteiger partial charge is 0.488 e. The highest BCUT2D eigenvalue weighted by molar-refractivity contribution is 5.82. The van der Waals surface area contributed by atoms with Crippen molar-refractivity contribution in [1.29, 1.82) is 0 Å². The SMILES string of the molecule is CC(C)Oc1cc2nc(-c3nnc4ccc([C@@H](N(C(=O)OC(C)(C)C)[C@H]5CCNC5)C(F)(F)F)cn34)ccc2cc1F. The molecule has 4 heterocycles. The molecule has 0 aliphatic carbocycles. The van der Waals surface area contributed by atoms with E-state index >= 15 is 0 Å². The molecule has 1 fully saturated rings. The molecule has 0 saturated carbocycles. The van der Waals surface area contributed by atoms with Crippen molar-refractivity contribution in [1.82, 2.24) is 29.8 Å². The number of pyridine rings is 2. The van der Waals surface area contributed by atoms with Gasteiger partial charge in [0.15, 0.2) is 29.1 Å². The third-order valence-corrected chi connectivity index (χ3v) is 6.70. The topological polar surface area (TPSA) is 93.9 Å². The molecule has 1 aliphatic heterocycles. The maximum absolute atomic E-state index is 14.8. The number of hydrogen-bond donors (Lipinski definition) is 1. The first-order valence-electron chi connectivity index (χ1n) is 13.6. The minimum atomic E-state index is -4.82. The van der Waals surface area contributed by atoms with Crippen LogP contribution in [0.15, 0.2) is 42.6 Å². The monoisotopic (exact) mass is 588 g/mol. The minimum Gasteiger partial charge on any atom is -0.488 e. The summed E-state index contributed by atoms with van der Waals surface area (Å²) in [7, 11) is 0. The molecule has 13 heteroatoms. The minimum absolute atomic E-state index is 0.0344. The Bertz CT molecular complexity index is 1610. The highest BCUT2D eigenvalue weighted by atomic mass is 19.4. The van der Waals surface area contributed by atoms with Crippen LogP contribution in [-0.4, -0.2) is 67.6 Å². The number of amides is 1. The van der Waals surface area contributed by atoms with E-state index < -0.39 is 35.8 Å². The van der Waals surface area contributed by atoms with Crippen LogP contribution in [0.5, 0.6) is 5.75 Å². The number of carbonyl (C=O) groups is 1. The van der Waals surface area contributed by atoms with Crippen LogP contribution in [0.3, 0.4) is 0 Å². The van der Waals surface area contributed by atoms with Crippen molar-refractivity contribution in [2.75, 3.05) is 13.1 Å². The van der Waals surface area contributed by atoms with Gasteiger partial charge in [-0.05, 0) is 65.8 Å². The first kappa shape index (κ1) is 29.5. The number of hydrogen-bond acceptors (Lipinski definition) is 7. The standard InChI is InChI=1S/C29H32F4N6O3/c1-16(2)41-23-13-22-17(12-20(23)30)6-8-21(35-22)26-37-36-24-9-7-18(15-38(24)26)25(29(31,32)33)39(19-10-11-34-14-19)27(40)42-28(3,4)5/h6-9,12-13,15-16,19,25,34H,10-11,14H2,1-5H3/t19-,25+/m0/s1. The number of halogens is 4. The lowest BCUT2D eigenvalue weighted by Gasteiger charge is -2.38. The molecule has 5 rings (SSSR count). The fourth-order valence-corrected chi connectivity index (χ4v) is 5.00. The summed E-state index contributed by atoms with van der Waals surface area (Å²) in [6.07, 6.45) is -4.52. The molecule has 3 aromatic heterocycles. The van der Waals surface area contributed by atoms with E-state index in [0.717, 1.165) is 4.90 Å². The lowest BCUT2D eigenvalue weighted by atomic mass is 10.0. The highest BCUT2D eigenvalue weighted by Gasteiger charge is 2.50.